The quantitative estimate of drug-likeness (QED) is 0.369. The van der Waals surface area contributed by atoms with Crippen LogP contribution in [-0.4, -0.2) is 27.5 Å². The first-order chi connectivity index (χ1) is 14.6. The molecule has 1 aromatic carbocycles. The molecule has 0 aliphatic heterocycles. The summed E-state index contributed by atoms with van der Waals surface area (Å²) in [7, 11) is 0. The third kappa shape index (κ3) is 4.69. The summed E-state index contributed by atoms with van der Waals surface area (Å²) in [5, 5.41) is 10.9. The predicted octanol–water partition coefficient (Wildman–Crippen LogP) is 5.06. The number of hydrogen-bond acceptors (Lipinski definition) is 7. The van der Waals surface area contributed by atoms with Crippen LogP contribution in [-0.2, 0) is 13.1 Å². The van der Waals surface area contributed by atoms with E-state index in [-0.39, 0.29) is 5.56 Å². The summed E-state index contributed by atoms with van der Waals surface area (Å²) in [5.41, 5.74) is 1.10. The number of carbonyl (C=O) groups excluding carboxylic acids is 1. The van der Waals surface area contributed by atoms with Crippen molar-refractivity contribution < 1.29 is 13.6 Å². The lowest BCUT2D eigenvalue weighted by Gasteiger charge is -2.07. The Hall–Kier alpha value is -3.18. The monoisotopic (exact) mass is 446 g/mol. The Morgan fingerprint density at radius 1 is 1.13 bits per heavy atom. The molecule has 0 unspecified atom stereocenters. The average molecular weight is 447 g/mol. The zero-order chi connectivity index (χ0) is 20.9. The summed E-state index contributed by atoms with van der Waals surface area (Å²) in [6, 6.07) is 5.15. The van der Waals surface area contributed by atoms with Gasteiger partial charge in [0.05, 0.1) is 10.2 Å². The molecule has 0 aliphatic carbocycles. The van der Waals surface area contributed by atoms with Gasteiger partial charge in [-0.15, -0.1) is 22.7 Å². The number of thiophene rings is 1. The molecule has 0 saturated heterocycles. The number of nitrogens with zero attached hydrogens (tertiary/aromatic N) is 3. The highest BCUT2D eigenvalue weighted by Gasteiger charge is 2.10. The Balaban J connectivity index is 1.29. The smallest absolute Gasteiger partial charge is 0.325 e. The zero-order valence-electron chi connectivity index (χ0n) is 15.5. The van der Waals surface area contributed by atoms with E-state index in [0.717, 1.165) is 27.0 Å². The van der Waals surface area contributed by atoms with Crippen LogP contribution < -0.4 is 16.0 Å². The van der Waals surface area contributed by atoms with E-state index in [1.54, 1.807) is 17.5 Å². The molecule has 4 aromatic rings. The number of benzene rings is 1. The number of fused-ring (bicyclic) bond motifs is 1. The molecule has 3 N–H and O–H groups in total. The SMILES string of the molecule is O=C(Nc1ccc(F)c(CF)c1)Nc1ncc(CCNc2ncnc3ccsc23)s1. The number of hydrogen-bond donors (Lipinski definition) is 3. The maximum absolute atomic E-state index is 13.3. The second kappa shape index (κ2) is 9.09. The first-order valence-electron chi connectivity index (χ1n) is 8.91. The van der Waals surface area contributed by atoms with Gasteiger partial charge in [-0.25, -0.2) is 28.5 Å². The summed E-state index contributed by atoms with van der Waals surface area (Å²) >= 11 is 2.93. The van der Waals surface area contributed by atoms with E-state index in [1.807, 2.05) is 11.4 Å². The van der Waals surface area contributed by atoms with E-state index < -0.39 is 18.5 Å². The summed E-state index contributed by atoms with van der Waals surface area (Å²) in [6.45, 7) is -0.292. The number of halogens is 2. The number of carbonyl (C=O) groups is 1. The van der Waals surface area contributed by atoms with Gasteiger partial charge >= 0.3 is 6.03 Å². The normalized spacial score (nSPS) is 10.9. The minimum absolute atomic E-state index is 0.111. The Bertz CT molecular complexity index is 1180. The van der Waals surface area contributed by atoms with Crippen LogP contribution in [0.2, 0.25) is 0 Å². The number of urea groups is 1. The van der Waals surface area contributed by atoms with Crippen molar-refractivity contribution in [3.8, 4) is 0 Å². The Morgan fingerprint density at radius 3 is 2.90 bits per heavy atom. The van der Waals surface area contributed by atoms with Crippen molar-refractivity contribution in [1.82, 2.24) is 15.0 Å². The summed E-state index contributed by atoms with van der Waals surface area (Å²) < 4.78 is 27.1. The first-order valence-corrected chi connectivity index (χ1v) is 10.6. The number of anilines is 3. The first kappa shape index (κ1) is 20.1. The van der Waals surface area contributed by atoms with Crippen LogP contribution in [0.25, 0.3) is 10.2 Å². The van der Waals surface area contributed by atoms with Gasteiger partial charge in [0.25, 0.3) is 0 Å². The van der Waals surface area contributed by atoms with E-state index in [2.05, 4.69) is 30.9 Å². The van der Waals surface area contributed by atoms with Gasteiger partial charge in [0.2, 0.25) is 0 Å². The third-order valence-corrected chi connectivity index (χ3v) is 6.01. The highest BCUT2D eigenvalue weighted by Crippen LogP contribution is 2.25. The lowest BCUT2D eigenvalue weighted by atomic mass is 10.2. The van der Waals surface area contributed by atoms with Crippen molar-refractivity contribution in [3.05, 3.63) is 58.4 Å². The number of aromatic nitrogens is 3. The number of alkyl halides is 1. The minimum Gasteiger partial charge on any atom is -0.368 e. The zero-order valence-corrected chi connectivity index (χ0v) is 17.1. The molecule has 0 atom stereocenters. The van der Waals surface area contributed by atoms with Crippen LogP contribution in [0, 0.1) is 5.82 Å². The summed E-state index contributed by atoms with van der Waals surface area (Å²) in [5.74, 6) is 0.146. The fraction of sp³-hybridized carbons (Fsp3) is 0.158. The number of rotatable bonds is 7. The molecule has 0 radical (unpaired) electrons. The van der Waals surface area contributed by atoms with Crippen LogP contribution in [0.3, 0.4) is 0 Å². The van der Waals surface area contributed by atoms with Gasteiger partial charge in [0, 0.05) is 35.3 Å². The van der Waals surface area contributed by atoms with E-state index in [0.29, 0.717) is 23.8 Å². The summed E-state index contributed by atoms with van der Waals surface area (Å²) in [6.07, 6.45) is 3.93. The van der Waals surface area contributed by atoms with Gasteiger partial charge in [0.1, 0.15) is 24.6 Å². The largest absolute Gasteiger partial charge is 0.368 e. The second-order valence-electron chi connectivity index (χ2n) is 6.18. The van der Waals surface area contributed by atoms with Gasteiger partial charge in [-0.1, -0.05) is 0 Å². The Labute approximate surface area is 178 Å². The molecule has 3 heterocycles. The topological polar surface area (TPSA) is 91.8 Å². The van der Waals surface area contributed by atoms with E-state index >= 15 is 0 Å². The molecule has 0 aliphatic rings. The van der Waals surface area contributed by atoms with Crippen LogP contribution in [0.15, 0.2) is 42.2 Å². The molecule has 2 amide bonds. The number of nitrogens with one attached hydrogen (secondary N) is 3. The number of amides is 2. The molecule has 11 heteroatoms. The molecule has 154 valence electrons. The van der Waals surface area contributed by atoms with Gasteiger partial charge in [0.15, 0.2) is 5.13 Å². The molecule has 3 aromatic heterocycles. The van der Waals surface area contributed by atoms with Gasteiger partial charge in [-0.05, 0) is 29.6 Å². The van der Waals surface area contributed by atoms with Gasteiger partial charge < -0.3 is 10.6 Å². The van der Waals surface area contributed by atoms with Crippen LogP contribution in [0.1, 0.15) is 10.4 Å². The van der Waals surface area contributed by atoms with E-state index in [1.165, 1.54) is 29.8 Å². The fourth-order valence-corrected chi connectivity index (χ4v) is 4.33. The predicted molar refractivity (Wildman–Crippen MR) is 116 cm³/mol. The van der Waals surface area contributed by atoms with Crippen LogP contribution >= 0.6 is 22.7 Å². The average Bonchev–Trinajstić information content (AvgIpc) is 3.39. The fourth-order valence-electron chi connectivity index (χ4n) is 2.71. The highest BCUT2D eigenvalue weighted by molar-refractivity contribution is 7.17. The van der Waals surface area contributed by atoms with Crippen molar-refractivity contribution in [3.63, 3.8) is 0 Å². The lowest BCUT2D eigenvalue weighted by Crippen LogP contribution is -2.19. The molecule has 0 spiro atoms. The van der Waals surface area contributed by atoms with E-state index in [4.69, 9.17) is 0 Å². The second-order valence-corrected chi connectivity index (χ2v) is 8.22. The van der Waals surface area contributed by atoms with Gasteiger partial charge in [-0.3, -0.25) is 5.32 Å². The van der Waals surface area contributed by atoms with Crippen LogP contribution in [0.4, 0.5) is 30.2 Å². The third-order valence-electron chi connectivity index (χ3n) is 4.13. The highest BCUT2D eigenvalue weighted by atomic mass is 32.1. The molecule has 0 fully saturated rings. The van der Waals surface area contributed by atoms with Crippen molar-refractivity contribution in [2.24, 2.45) is 0 Å². The molecule has 7 nitrogen and oxygen atoms in total. The Kier molecular flexibility index (Phi) is 6.10. The molecular formula is C19H16F2N6OS2. The maximum atomic E-state index is 13.3. The van der Waals surface area contributed by atoms with E-state index in [9.17, 15) is 13.6 Å². The van der Waals surface area contributed by atoms with Crippen molar-refractivity contribution in [2.75, 3.05) is 22.5 Å². The molecule has 0 bridgehead atoms. The molecule has 30 heavy (non-hydrogen) atoms. The van der Waals surface area contributed by atoms with Crippen molar-refractivity contribution in [1.29, 1.82) is 0 Å². The van der Waals surface area contributed by atoms with Crippen LogP contribution in [0.5, 0.6) is 0 Å². The van der Waals surface area contributed by atoms with Crippen molar-refractivity contribution in [2.45, 2.75) is 13.1 Å². The van der Waals surface area contributed by atoms with Gasteiger partial charge in [-0.2, -0.15) is 0 Å². The summed E-state index contributed by atoms with van der Waals surface area (Å²) in [4.78, 5) is 25.8. The van der Waals surface area contributed by atoms with Crippen molar-refractivity contribution >= 4 is 55.6 Å². The number of thiazole rings is 1. The maximum Gasteiger partial charge on any atom is 0.325 e. The molecule has 4 rings (SSSR count). The Morgan fingerprint density at radius 2 is 2.03 bits per heavy atom. The minimum atomic E-state index is -0.945. The standard InChI is InChI=1S/C19H16F2N6OS2/c20-8-11-7-12(1-2-14(11)21)26-18(28)27-19-23-9-13(30-19)3-5-22-17-16-15(4-6-29-16)24-10-25-17/h1-2,4,6-7,9-10H,3,5,8H2,(H,22,24,25)(H2,23,26,27,28). The molecule has 0 saturated carbocycles. The lowest BCUT2D eigenvalue weighted by molar-refractivity contribution is 0.262. The molecular weight excluding hydrogens is 430 g/mol.